The third-order valence-electron chi connectivity index (χ3n) is 3.48. The van der Waals surface area contributed by atoms with Gasteiger partial charge in [-0.2, -0.15) is 11.8 Å². The average Bonchev–Trinajstić information content (AvgIpc) is 2.56. The molecule has 0 aromatic heterocycles. The van der Waals surface area contributed by atoms with Crippen LogP contribution in [0, 0.1) is 0 Å². The van der Waals surface area contributed by atoms with Crippen LogP contribution in [0.5, 0.6) is 0 Å². The fourth-order valence-corrected chi connectivity index (χ4v) is 4.97. The Hall–Kier alpha value is -1.14. The maximum atomic E-state index is 12.6. The van der Waals surface area contributed by atoms with E-state index in [4.69, 9.17) is 0 Å². The molecule has 1 aromatic rings. The van der Waals surface area contributed by atoms with Crippen molar-refractivity contribution in [3.05, 3.63) is 24.3 Å². The first-order chi connectivity index (χ1) is 12.8. The van der Waals surface area contributed by atoms with E-state index in [-0.39, 0.29) is 16.3 Å². The van der Waals surface area contributed by atoms with E-state index in [2.05, 4.69) is 14.8 Å². The van der Waals surface area contributed by atoms with E-state index in [0.29, 0.717) is 12.2 Å². The molecule has 160 valence electrons. The maximum Gasteiger partial charge on any atom is 0.242 e. The summed E-state index contributed by atoms with van der Waals surface area (Å²) in [6.07, 6.45) is 2.18. The van der Waals surface area contributed by atoms with Crippen LogP contribution in [0.1, 0.15) is 34.1 Å². The summed E-state index contributed by atoms with van der Waals surface area (Å²) in [5, 5.41) is 2.61. The molecule has 0 heterocycles. The minimum absolute atomic E-state index is 0.00928. The summed E-state index contributed by atoms with van der Waals surface area (Å²) in [6.45, 7) is 6.67. The molecule has 8 nitrogen and oxygen atoms in total. The molecule has 1 aromatic carbocycles. The van der Waals surface area contributed by atoms with Gasteiger partial charge in [0.1, 0.15) is 6.04 Å². The third kappa shape index (κ3) is 8.48. The number of nitrogens with one attached hydrogen (secondary N) is 3. The number of hydrogen-bond acceptors (Lipinski definition) is 6. The Labute approximate surface area is 172 Å². The summed E-state index contributed by atoms with van der Waals surface area (Å²) < 4.78 is 53.6. The Morgan fingerprint density at radius 3 is 2.36 bits per heavy atom. The van der Waals surface area contributed by atoms with Crippen LogP contribution >= 0.6 is 11.8 Å². The van der Waals surface area contributed by atoms with Crippen molar-refractivity contribution in [3.63, 3.8) is 0 Å². The monoisotopic (exact) mass is 451 g/mol. The topological polar surface area (TPSA) is 121 Å². The van der Waals surface area contributed by atoms with Gasteiger partial charge in [-0.3, -0.25) is 4.79 Å². The second-order valence-corrected chi connectivity index (χ2v) is 11.9. The van der Waals surface area contributed by atoms with Crippen molar-refractivity contribution in [2.75, 3.05) is 23.1 Å². The number of anilines is 1. The predicted molar refractivity (Wildman–Crippen MR) is 115 cm³/mol. The lowest BCUT2D eigenvalue weighted by Crippen LogP contribution is -2.44. The number of carbonyl (C=O) groups is 1. The summed E-state index contributed by atoms with van der Waals surface area (Å²) in [7, 11) is -7.32. The van der Waals surface area contributed by atoms with Crippen LogP contribution in [-0.2, 0) is 24.8 Å². The quantitative estimate of drug-likeness (QED) is 0.498. The lowest BCUT2D eigenvalue weighted by Gasteiger charge is -2.21. The van der Waals surface area contributed by atoms with Crippen molar-refractivity contribution in [1.29, 1.82) is 0 Å². The molecular formula is C17H29N3O5S3. The van der Waals surface area contributed by atoms with Crippen molar-refractivity contribution in [2.24, 2.45) is 0 Å². The van der Waals surface area contributed by atoms with Crippen LogP contribution < -0.4 is 14.8 Å². The zero-order valence-corrected chi connectivity index (χ0v) is 19.2. The molecule has 0 aliphatic carbocycles. The standard InChI is InChI=1S/C17H29N3O5S3/c1-6-27(22,23)19-15(10-11-26-5)16(21)18-13-8-7-9-14(12-13)28(24,25)20-17(2,3)4/h7-9,12,15,19-20H,6,10-11H2,1-5H3,(H,18,21). The summed E-state index contributed by atoms with van der Waals surface area (Å²) in [5.74, 6) is -0.0827. The van der Waals surface area contributed by atoms with Gasteiger partial charge in [-0.25, -0.2) is 26.3 Å². The number of carbonyl (C=O) groups excluding carboxylic acids is 1. The van der Waals surface area contributed by atoms with Crippen molar-refractivity contribution in [1.82, 2.24) is 9.44 Å². The van der Waals surface area contributed by atoms with Crippen LogP contribution in [0.2, 0.25) is 0 Å². The van der Waals surface area contributed by atoms with E-state index in [1.54, 1.807) is 26.8 Å². The smallest absolute Gasteiger partial charge is 0.242 e. The Morgan fingerprint density at radius 2 is 1.82 bits per heavy atom. The van der Waals surface area contributed by atoms with E-state index in [1.165, 1.54) is 36.9 Å². The highest BCUT2D eigenvalue weighted by molar-refractivity contribution is 7.98. The zero-order valence-electron chi connectivity index (χ0n) is 16.8. The lowest BCUT2D eigenvalue weighted by atomic mass is 10.1. The Balaban J connectivity index is 3.03. The molecule has 0 saturated heterocycles. The van der Waals surface area contributed by atoms with Crippen molar-refractivity contribution < 1.29 is 21.6 Å². The predicted octanol–water partition coefficient (Wildman–Crippen LogP) is 1.76. The molecule has 1 rings (SSSR count). The molecule has 1 unspecified atom stereocenters. The van der Waals surface area contributed by atoms with Gasteiger partial charge in [-0.15, -0.1) is 0 Å². The van der Waals surface area contributed by atoms with E-state index in [9.17, 15) is 21.6 Å². The highest BCUT2D eigenvalue weighted by Crippen LogP contribution is 2.18. The van der Waals surface area contributed by atoms with Crippen LogP contribution in [0.25, 0.3) is 0 Å². The molecule has 3 N–H and O–H groups in total. The van der Waals surface area contributed by atoms with Crippen LogP contribution in [0.15, 0.2) is 29.2 Å². The number of amides is 1. The largest absolute Gasteiger partial charge is 0.325 e. The molecule has 1 atom stereocenters. The van der Waals surface area contributed by atoms with Gasteiger partial charge in [0, 0.05) is 11.2 Å². The first-order valence-electron chi connectivity index (χ1n) is 8.73. The normalized spacial score (nSPS) is 13.9. The van der Waals surface area contributed by atoms with Crippen molar-refractivity contribution in [3.8, 4) is 0 Å². The summed E-state index contributed by atoms with van der Waals surface area (Å²) in [5.41, 5.74) is -0.383. The Kier molecular flexibility index (Phi) is 8.94. The van der Waals surface area contributed by atoms with E-state index < -0.39 is 37.5 Å². The first-order valence-corrected chi connectivity index (χ1v) is 13.3. The molecule has 1 amide bonds. The van der Waals surface area contributed by atoms with Crippen LogP contribution in [-0.4, -0.2) is 52.1 Å². The molecule has 0 bridgehead atoms. The van der Waals surface area contributed by atoms with Gasteiger partial charge < -0.3 is 5.32 Å². The number of thioether (sulfide) groups is 1. The van der Waals surface area contributed by atoms with Crippen molar-refractivity contribution in [2.45, 2.75) is 50.6 Å². The van der Waals surface area contributed by atoms with Gasteiger partial charge in [0.05, 0.1) is 10.6 Å². The van der Waals surface area contributed by atoms with E-state index in [1.807, 2.05) is 6.26 Å². The Bertz CT molecular complexity index is 878. The number of hydrogen-bond donors (Lipinski definition) is 3. The molecule has 0 aliphatic heterocycles. The highest BCUT2D eigenvalue weighted by atomic mass is 32.2. The van der Waals surface area contributed by atoms with E-state index >= 15 is 0 Å². The van der Waals surface area contributed by atoms with Gasteiger partial charge >= 0.3 is 0 Å². The number of benzene rings is 1. The first kappa shape index (κ1) is 24.9. The maximum absolute atomic E-state index is 12.6. The van der Waals surface area contributed by atoms with Crippen LogP contribution in [0.3, 0.4) is 0 Å². The van der Waals surface area contributed by atoms with Gasteiger partial charge in [0.2, 0.25) is 26.0 Å². The number of sulfonamides is 2. The molecule has 0 radical (unpaired) electrons. The zero-order chi connectivity index (χ0) is 21.6. The lowest BCUT2D eigenvalue weighted by molar-refractivity contribution is -0.117. The average molecular weight is 452 g/mol. The molecule has 28 heavy (non-hydrogen) atoms. The van der Waals surface area contributed by atoms with Gasteiger partial charge in [-0.05, 0) is 64.3 Å². The van der Waals surface area contributed by atoms with Crippen molar-refractivity contribution >= 4 is 43.4 Å². The molecular weight excluding hydrogens is 422 g/mol. The SMILES string of the molecule is CCS(=O)(=O)NC(CCSC)C(=O)Nc1cccc(S(=O)(=O)NC(C)(C)C)c1. The summed E-state index contributed by atoms with van der Waals surface area (Å²) in [4.78, 5) is 12.6. The summed E-state index contributed by atoms with van der Waals surface area (Å²) in [6, 6.07) is 4.89. The molecule has 0 saturated carbocycles. The Morgan fingerprint density at radius 1 is 1.18 bits per heavy atom. The van der Waals surface area contributed by atoms with Gasteiger partial charge in [-0.1, -0.05) is 6.07 Å². The molecule has 0 fully saturated rings. The number of rotatable bonds is 10. The van der Waals surface area contributed by atoms with E-state index in [0.717, 1.165) is 0 Å². The minimum atomic E-state index is -3.76. The molecule has 0 aliphatic rings. The molecule has 0 spiro atoms. The fourth-order valence-electron chi connectivity index (χ4n) is 2.21. The minimum Gasteiger partial charge on any atom is -0.325 e. The second-order valence-electron chi connectivity index (χ2n) is 7.23. The van der Waals surface area contributed by atoms with Gasteiger partial charge in [0.25, 0.3) is 0 Å². The third-order valence-corrected chi connectivity index (χ3v) is 7.28. The fraction of sp³-hybridized carbons (Fsp3) is 0.588. The summed E-state index contributed by atoms with van der Waals surface area (Å²) >= 11 is 1.50. The molecule has 11 heteroatoms. The second kappa shape index (κ2) is 10.1. The highest BCUT2D eigenvalue weighted by Gasteiger charge is 2.25. The van der Waals surface area contributed by atoms with Crippen LogP contribution in [0.4, 0.5) is 5.69 Å². The van der Waals surface area contributed by atoms with Gasteiger partial charge in [0.15, 0.2) is 0 Å².